The van der Waals surface area contributed by atoms with Crippen LogP contribution < -0.4 is 21.7 Å². The predicted octanol–water partition coefficient (Wildman–Crippen LogP) is -0.946. The summed E-state index contributed by atoms with van der Waals surface area (Å²) in [6.07, 6.45) is 3.13. The third-order valence-electron chi connectivity index (χ3n) is 5.01. The summed E-state index contributed by atoms with van der Waals surface area (Å²) >= 11 is 0. The standard InChI is InChI=1S/C22H30N6O6/c1-12(2)19(22(33)34)28-21(32)17(8-14-9-24-11-26-14)27-18(30)10-25-20(31)16(23)7-13-3-5-15(29)6-4-13/h3-6,9,11-12,16-17,19,29H,7-8,10,23H2,1-2H3,(H,24,26)(H,25,31)(H,27,30)(H,28,32)(H,33,34). The number of amides is 3. The summed E-state index contributed by atoms with van der Waals surface area (Å²) in [7, 11) is 0. The van der Waals surface area contributed by atoms with E-state index in [1.165, 1.54) is 24.7 Å². The number of H-pyrrole nitrogens is 1. The number of imidazole rings is 1. The van der Waals surface area contributed by atoms with Gasteiger partial charge in [-0.2, -0.15) is 0 Å². The number of carboxylic acid groups (broad SMARTS) is 1. The van der Waals surface area contributed by atoms with Gasteiger partial charge in [-0.05, 0) is 30.0 Å². The number of carbonyl (C=O) groups excluding carboxylic acids is 3. The molecule has 0 aliphatic rings. The van der Waals surface area contributed by atoms with Gasteiger partial charge < -0.3 is 36.9 Å². The van der Waals surface area contributed by atoms with E-state index in [9.17, 15) is 29.4 Å². The quantitative estimate of drug-likeness (QED) is 0.204. The number of phenols is 1. The molecular weight excluding hydrogens is 444 g/mol. The van der Waals surface area contributed by atoms with Crippen LogP contribution in [-0.2, 0) is 32.0 Å². The van der Waals surface area contributed by atoms with E-state index in [1.807, 2.05) is 0 Å². The highest BCUT2D eigenvalue weighted by Gasteiger charge is 2.29. The smallest absolute Gasteiger partial charge is 0.326 e. The average Bonchev–Trinajstić information content (AvgIpc) is 3.29. The molecule has 8 N–H and O–H groups in total. The van der Waals surface area contributed by atoms with E-state index < -0.39 is 48.4 Å². The highest BCUT2D eigenvalue weighted by Crippen LogP contribution is 2.11. The number of hydrogen-bond donors (Lipinski definition) is 7. The number of nitrogens with zero attached hydrogens (tertiary/aromatic N) is 1. The number of aromatic hydroxyl groups is 1. The number of nitrogens with one attached hydrogen (secondary N) is 4. The molecule has 12 nitrogen and oxygen atoms in total. The molecule has 2 rings (SSSR count). The molecule has 1 heterocycles. The maximum Gasteiger partial charge on any atom is 0.326 e. The van der Waals surface area contributed by atoms with Crippen molar-refractivity contribution in [1.82, 2.24) is 25.9 Å². The van der Waals surface area contributed by atoms with Gasteiger partial charge in [0.2, 0.25) is 17.7 Å². The number of phenolic OH excluding ortho intramolecular Hbond substituents is 1. The van der Waals surface area contributed by atoms with Crippen LogP contribution in [0.2, 0.25) is 0 Å². The third kappa shape index (κ3) is 8.20. The van der Waals surface area contributed by atoms with Crippen molar-refractivity contribution in [1.29, 1.82) is 0 Å². The number of aliphatic carboxylic acids is 1. The maximum absolute atomic E-state index is 12.7. The fourth-order valence-corrected chi connectivity index (χ4v) is 3.12. The number of carbonyl (C=O) groups is 4. The molecule has 34 heavy (non-hydrogen) atoms. The highest BCUT2D eigenvalue weighted by atomic mass is 16.4. The molecule has 0 saturated carbocycles. The van der Waals surface area contributed by atoms with Crippen LogP contribution in [-0.4, -0.2) is 68.5 Å². The Morgan fingerprint density at radius 2 is 1.74 bits per heavy atom. The van der Waals surface area contributed by atoms with Gasteiger partial charge in [-0.1, -0.05) is 26.0 Å². The molecule has 1 aromatic heterocycles. The summed E-state index contributed by atoms with van der Waals surface area (Å²) in [6.45, 7) is 2.87. The van der Waals surface area contributed by atoms with Gasteiger partial charge in [0.25, 0.3) is 0 Å². The Morgan fingerprint density at radius 3 is 2.29 bits per heavy atom. The minimum absolute atomic E-state index is 0.0380. The summed E-state index contributed by atoms with van der Waals surface area (Å²) < 4.78 is 0. The van der Waals surface area contributed by atoms with Crippen LogP contribution in [0.25, 0.3) is 0 Å². The normalized spacial score (nSPS) is 13.5. The minimum Gasteiger partial charge on any atom is -0.508 e. The van der Waals surface area contributed by atoms with E-state index >= 15 is 0 Å². The van der Waals surface area contributed by atoms with Crippen molar-refractivity contribution >= 4 is 23.7 Å². The SMILES string of the molecule is CC(C)C(NC(=O)C(Cc1cnc[nH]1)NC(=O)CNC(=O)C(N)Cc1ccc(O)cc1)C(=O)O. The summed E-state index contributed by atoms with van der Waals surface area (Å²) in [6, 6.07) is 3.06. The van der Waals surface area contributed by atoms with Crippen molar-refractivity contribution in [2.75, 3.05) is 6.54 Å². The van der Waals surface area contributed by atoms with E-state index in [0.29, 0.717) is 5.69 Å². The van der Waals surface area contributed by atoms with Gasteiger partial charge in [-0.15, -0.1) is 0 Å². The van der Waals surface area contributed by atoms with Gasteiger partial charge >= 0.3 is 5.97 Å². The third-order valence-corrected chi connectivity index (χ3v) is 5.01. The minimum atomic E-state index is -1.19. The molecule has 12 heteroatoms. The van der Waals surface area contributed by atoms with Gasteiger partial charge in [-0.3, -0.25) is 14.4 Å². The molecule has 0 fully saturated rings. The molecule has 2 aromatic rings. The molecule has 0 saturated heterocycles. The van der Waals surface area contributed by atoms with Crippen LogP contribution in [0.5, 0.6) is 5.75 Å². The van der Waals surface area contributed by atoms with Gasteiger partial charge in [-0.25, -0.2) is 9.78 Å². The predicted molar refractivity (Wildman–Crippen MR) is 121 cm³/mol. The molecule has 0 radical (unpaired) electrons. The Balaban J connectivity index is 1.95. The zero-order valence-corrected chi connectivity index (χ0v) is 18.9. The first-order chi connectivity index (χ1) is 16.1. The number of hydrogen-bond acceptors (Lipinski definition) is 7. The van der Waals surface area contributed by atoms with Gasteiger partial charge in [0.15, 0.2) is 0 Å². The number of rotatable bonds is 12. The lowest BCUT2D eigenvalue weighted by atomic mass is 10.0. The largest absolute Gasteiger partial charge is 0.508 e. The first kappa shape index (κ1) is 26.3. The lowest BCUT2D eigenvalue weighted by Crippen LogP contribution is -2.55. The van der Waals surface area contributed by atoms with E-state index in [2.05, 4.69) is 25.9 Å². The van der Waals surface area contributed by atoms with Crippen LogP contribution in [0.15, 0.2) is 36.8 Å². The van der Waals surface area contributed by atoms with Crippen molar-refractivity contribution in [3.8, 4) is 5.75 Å². The first-order valence-electron chi connectivity index (χ1n) is 10.7. The van der Waals surface area contributed by atoms with E-state index in [-0.39, 0.29) is 24.5 Å². The van der Waals surface area contributed by atoms with Gasteiger partial charge in [0.05, 0.1) is 18.9 Å². The summed E-state index contributed by atoms with van der Waals surface area (Å²) in [5.41, 5.74) is 7.18. The van der Waals surface area contributed by atoms with Crippen LogP contribution >= 0.6 is 0 Å². The molecule has 184 valence electrons. The number of aromatic amines is 1. The molecule has 3 amide bonds. The second-order valence-electron chi connectivity index (χ2n) is 8.16. The zero-order valence-electron chi connectivity index (χ0n) is 18.9. The molecule has 3 atom stereocenters. The number of carboxylic acids is 1. The molecular formula is C22H30N6O6. The van der Waals surface area contributed by atoms with Gasteiger partial charge in [0, 0.05) is 18.3 Å². The summed E-state index contributed by atoms with van der Waals surface area (Å²) in [4.78, 5) is 55.6. The molecule has 0 aliphatic carbocycles. The van der Waals surface area contributed by atoms with E-state index in [0.717, 1.165) is 5.56 Å². The fourth-order valence-electron chi connectivity index (χ4n) is 3.12. The number of nitrogens with two attached hydrogens (primary N) is 1. The first-order valence-corrected chi connectivity index (χ1v) is 10.7. The Bertz CT molecular complexity index is 976. The van der Waals surface area contributed by atoms with Crippen molar-refractivity contribution in [3.05, 3.63) is 48.0 Å². The Labute approximate surface area is 196 Å². The fraction of sp³-hybridized carbons (Fsp3) is 0.409. The molecule has 0 spiro atoms. The van der Waals surface area contributed by atoms with Crippen LogP contribution in [0.4, 0.5) is 0 Å². The van der Waals surface area contributed by atoms with Crippen molar-refractivity contribution in [3.63, 3.8) is 0 Å². The summed E-state index contributed by atoms with van der Waals surface area (Å²) in [5.74, 6) is -3.37. The van der Waals surface area contributed by atoms with Crippen LogP contribution in [0.1, 0.15) is 25.1 Å². The summed E-state index contributed by atoms with van der Waals surface area (Å²) in [5, 5.41) is 26.0. The molecule has 0 aliphatic heterocycles. The molecule has 3 unspecified atom stereocenters. The maximum atomic E-state index is 12.7. The van der Waals surface area contributed by atoms with Crippen LogP contribution in [0.3, 0.4) is 0 Å². The Hall–Kier alpha value is -3.93. The van der Waals surface area contributed by atoms with E-state index in [1.54, 1.807) is 26.0 Å². The number of benzene rings is 1. The second-order valence-corrected chi connectivity index (χ2v) is 8.16. The lowest BCUT2D eigenvalue weighted by Gasteiger charge is -2.23. The monoisotopic (exact) mass is 474 g/mol. The van der Waals surface area contributed by atoms with Crippen molar-refractivity contribution in [2.24, 2.45) is 11.7 Å². The number of aromatic nitrogens is 2. The topological polar surface area (TPSA) is 200 Å². The van der Waals surface area contributed by atoms with Gasteiger partial charge in [0.1, 0.15) is 17.8 Å². The van der Waals surface area contributed by atoms with Crippen molar-refractivity contribution in [2.45, 2.75) is 44.8 Å². The highest BCUT2D eigenvalue weighted by molar-refractivity contribution is 5.92. The molecule has 0 bridgehead atoms. The average molecular weight is 475 g/mol. The lowest BCUT2D eigenvalue weighted by molar-refractivity contribution is -0.143. The van der Waals surface area contributed by atoms with Crippen LogP contribution in [0, 0.1) is 5.92 Å². The Morgan fingerprint density at radius 1 is 1.06 bits per heavy atom. The zero-order chi connectivity index (χ0) is 25.3. The van der Waals surface area contributed by atoms with E-state index in [4.69, 9.17) is 5.73 Å². The Kier molecular flexibility index (Phi) is 9.56. The molecule has 1 aromatic carbocycles. The second kappa shape index (κ2) is 12.3. The van der Waals surface area contributed by atoms with Crippen molar-refractivity contribution < 1.29 is 29.4 Å².